The van der Waals surface area contributed by atoms with Crippen molar-refractivity contribution in [3.8, 4) is 11.4 Å². The summed E-state index contributed by atoms with van der Waals surface area (Å²) in [7, 11) is 0. The van der Waals surface area contributed by atoms with Gasteiger partial charge in [-0.05, 0) is 40.9 Å². The third kappa shape index (κ3) is 3.56. The summed E-state index contributed by atoms with van der Waals surface area (Å²) in [5.41, 5.74) is 1.11. The Balaban J connectivity index is 2.62. The van der Waals surface area contributed by atoms with Crippen LogP contribution in [0.25, 0.3) is 11.4 Å². The Morgan fingerprint density at radius 2 is 1.76 bits per heavy atom. The summed E-state index contributed by atoms with van der Waals surface area (Å²) < 4.78 is 27.5. The molecule has 3 nitrogen and oxygen atoms in total. The van der Waals surface area contributed by atoms with Crippen LogP contribution in [0.5, 0.6) is 0 Å². The van der Waals surface area contributed by atoms with Gasteiger partial charge in [0.25, 0.3) is 0 Å². The van der Waals surface area contributed by atoms with Crippen molar-refractivity contribution in [3.05, 3.63) is 40.0 Å². The molecule has 6 heteroatoms. The zero-order valence-electron chi connectivity index (χ0n) is 12.0. The first kappa shape index (κ1) is 15.8. The number of rotatable bonds is 4. The monoisotopic (exact) mass is 355 g/mol. The molecule has 21 heavy (non-hydrogen) atoms. The normalized spacial score (nSPS) is 11.0. The fourth-order valence-electron chi connectivity index (χ4n) is 1.94. The van der Waals surface area contributed by atoms with Crippen LogP contribution in [0.1, 0.15) is 32.4 Å². The second kappa shape index (κ2) is 6.47. The second-order valence-corrected chi connectivity index (χ2v) is 5.73. The zero-order chi connectivity index (χ0) is 15.6. The average Bonchev–Trinajstić information content (AvgIpc) is 2.39. The third-order valence-electron chi connectivity index (χ3n) is 2.89. The van der Waals surface area contributed by atoms with Crippen LogP contribution in [0.3, 0.4) is 0 Å². The Morgan fingerprint density at radius 3 is 2.29 bits per heavy atom. The molecule has 0 unspecified atom stereocenters. The van der Waals surface area contributed by atoms with Crippen molar-refractivity contribution in [2.75, 3.05) is 11.9 Å². The SMILES string of the molecule is CCNc1nc(-c2cc(F)cc(F)c2)nc(C(C)C)c1Br. The van der Waals surface area contributed by atoms with Gasteiger partial charge in [0, 0.05) is 18.2 Å². The van der Waals surface area contributed by atoms with E-state index < -0.39 is 11.6 Å². The molecule has 0 spiro atoms. The Hall–Kier alpha value is -1.56. The molecule has 0 aliphatic heterocycles. The highest BCUT2D eigenvalue weighted by Gasteiger charge is 2.16. The van der Waals surface area contributed by atoms with Crippen LogP contribution in [0.15, 0.2) is 22.7 Å². The lowest BCUT2D eigenvalue weighted by Crippen LogP contribution is -2.07. The molecule has 0 atom stereocenters. The third-order valence-corrected chi connectivity index (χ3v) is 3.67. The maximum absolute atomic E-state index is 13.4. The number of benzene rings is 1. The van der Waals surface area contributed by atoms with E-state index in [1.807, 2.05) is 20.8 Å². The summed E-state index contributed by atoms with van der Waals surface area (Å²) in [6, 6.07) is 3.29. The van der Waals surface area contributed by atoms with Gasteiger partial charge in [-0.2, -0.15) is 0 Å². The van der Waals surface area contributed by atoms with E-state index in [1.54, 1.807) is 0 Å². The molecule has 112 valence electrons. The molecule has 0 aliphatic carbocycles. The smallest absolute Gasteiger partial charge is 0.162 e. The fraction of sp³-hybridized carbons (Fsp3) is 0.333. The molecule has 2 aromatic rings. The van der Waals surface area contributed by atoms with Crippen molar-refractivity contribution in [1.29, 1.82) is 0 Å². The highest BCUT2D eigenvalue weighted by Crippen LogP contribution is 2.31. The van der Waals surface area contributed by atoms with Crippen LogP contribution in [0.2, 0.25) is 0 Å². The van der Waals surface area contributed by atoms with Crippen LogP contribution < -0.4 is 5.32 Å². The van der Waals surface area contributed by atoms with Gasteiger partial charge in [0.05, 0.1) is 10.2 Å². The van der Waals surface area contributed by atoms with Gasteiger partial charge in [0.2, 0.25) is 0 Å². The molecular formula is C15H16BrF2N3. The van der Waals surface area contributed by atoms with E-state index in [9.17, 15) is 8.78 Å². The van der Waals surface area contributed by atoms with E-state index in [0.29, 0.717) is 23.8 Å². The minimum atomic E-state index is -0.646. The summed E-state index contributed by atoms with van der Waals surface area (Å²) >= 11 is 3.48. The number of hydrogen-bond acceptors (Lipinski definition) is 3. The predicted molar refractivity (Wildman–Crippen MR) is 83.3 cm³/mol. The van der Waals surface area contributed by atoms with E-state index >= 15 is 0 Å². The average molecular weight is 356 g/mol. The van der Waals surface area contributed by atoms with Crippen LogP contribution in [-0.2, 0) is 0 Å². The Kier molecular flexibility index (Phi) is 4.88. The van der Waals surface area contributed by atoms with E-state index in [1.165, 1.54) is 12.1 Å². The van der Waals surface area contributed by atoms with Crippen molar-refractivity contribution in [2.24, 2.45) is 0 Å². The Morgan fingerprint density at radius 1 is 1.14 bits per heavy atom. The summed E-state index contributed by atoms with van der Waals surface area (Å²) in [5, 5.41) is 3.12. The number of anilines is 1. The van der Waals surface area contributed by atoms with Gasteiger partial charge < -0.3 is 5.32 Å². The van der Waals surface area contributed by atoms with Gasteiger partial charge in [0.15, 0.2) is 5.82 Å². The van der Waals surface area contributed by atoms with Crippen molar-refractivity contribution in [1.82, 2.24) is 9.97 Å². The summed E-state index contributed by atoms with van der Waals surface area (Å²) in [6.45, 7) is 6.63. The van der Waals surface area contributed by atoms with E-state index in [2.05, 4.69) is 31.2 Å². The van der Waals surface area contributed by atoms with E-state index in [-0.39, 0.29) is 5.92 Å². The largest absolute Gasteiger partial charge is 0.369 e. The molecule has 0 fully saturated rings. The minimum absolute atomic E-state index is 0.150. The number of aromatic nitrogens is 2. The molecule has 0 amide bonds. The first-order valence-corrected chi connectivity index (χ1v) is 7.49. The molecular weight excluding hydrogens is 340 g/mol. The molecule has 1 N–H and O–H groups in total. The first-order valence-electron chi connectivity index (χ1n) is 6.70. The summed E-state index contributed by atoms with van der Waals surface area (Å²) in [5.74, 6) is -0.218. The fourth-order valence-corrected chi connectivity index (χ4v) is 2.72. The van der Waals surface area contributed by atoms with Gasteiger partial charge in [-0.1, -0.05) is 13.8 Å². The highest BCUT2D eigenvalue weighted by molar-refractivity contribution is 9.10. The quantitative estimate of drug-likeness (QED) is 0.860. The van der Waals surface area contributed by atoms with Crippen molar-refractivity contribution in [3.63, 3.8) is 0 Å². The van der Waals surface area contributed by atoms with Crippen LogP contribution >= 0.6 is 15.9 Å². The second-order valence-electron chi connectivity index (χ2n) is 4.94. The standard InChI is InChI=1S/C15H16BrF2N3/c1-4-19-15-12(16)13(8(2)3)20-14(21-15)9-5-10(17)7-11(18)6-9/h5-8H,4H2,1-3H3,(H,19,20,21). The lowest BCUT2D eigenvalue weighted by Gasteiger charge is -2.14. The molecule has 0 bridgehead atoms. The number of nitrogens with zero attached hydrogens (tertiary/aromatic N) is 2. The van der Waals surface area contributed by atoms with Crippen molar-refractivity contribution < 1.29 is 8.78 Å². The van der Waals surface area contributed by atoms with Gasteiger partial charge in [0.1, 0.15) is 17.5 Å². The highest BCUT2D eigenvalue weighted by atomic mass is 79.9. The molecule has 1 aromatic carbocycles. The molecule has 2 rings (SSSR count). The van der Waals surface area contributed by atoms with Crippen LogP contribution in [0.4, 0.5) is 14.6 Å². The number of halogens is 3. The Labute approximate surface area is 131 Å². The summed E-state index contributed by atoms with van der Waals surface area (Å²) in [6.07, 6.45) is 0. The maximum Gasteiger partial charge on any atom is 0.162 e. The zero-order valence-corrected chi connectivity index (χ0v) is 13.6. The molecule has 0 saturated heterocycles. The Bertz CT molecular complexity index is 639. The number of nitrogens with one attached hydrogen (secondary N) is 1. The van der Waals surface area contributed by atoms with Crippen molar-refractivity contribution >= 4 is 21.7 Å². The van der Waals surface area contributed by atoms with Crippen LogP contribution in [0, 0.1) is 11.6 Å². The van der Waals surface area contributed by atoms with Crippen molar-refractivity contribution in [2.45, 2.75) is 26.7 Å². The predicted octanol–water partition coefficient (Wildman–Crippen LogP) is 4.74. The van der Waals surface area contributed by atoms with Gasteiger partial charge in [-0.25, -0.2) is 18.7 Å². The lowest BCUT2D eigenvalue weighted by molar-refractivity contribution is 0.584. The van der Waals surface area contributed by atoms with Crippen LogP contribution in [-0.4, -0.2) is 16.5 Å². The molecule has 0 radical (unpaired) electrons. The molecule has 0 aliphatic rings. The maximum atomic E-state index is 13.4. The molecule has 1 aromatic heterocycles. The minimum Gasteiger partial charge on any atom is -0.369 e. The topological polar surface area (TPSA) is 37.8 Å². The molecule has 1 heterocycles. The molecule has 0 saturated carbocycles. The number of hydrogen-bond donors (Lipinski definition) is 1. The summed E-state index contributed by atoms with van der Waals surface area (Å²) in [4.78, 5) is 8.79. The van der Waals surface area contributed by atoms with Gasteiger partial charge >= 0.3 is 0 Å². The first-order chi connectivity index (χ1) is 9.92. The lowest BCUT2D eigenvalue weighted by atomic mass is 10.1. The van der Waals surface area contributed by atoms with E-state index in [4.69, 9.17) is 0 Å². The van der Waals surface area contributed by atoms with E-state index in [0.717, 1.165) is 16.2 Å². The van der Waals surface area contributed by atoms with Gasteiger partial charge in [-0.15, -0.1) is 0 Å². The van der Waals surface area contributed by atoms with Gasteiger partial charge in [-0.3, -0.25) is 0 Å².